The van der Waals surface area contributed by atoms with Gasteiger partial charge in [0.05, 0.1) is 26.4 Å². The van der Waals surface area contributed by atoms with Gasteiger partial charge in [-0.1, -0.05) is 324 Å². The van der Waals surface area contributed by atoms with Crippen LogP contribution in [-0.4, -0.2) is 96.7 Å². The normalized spacial score (nSPS) is 14.4. The summed E-state index contributed by atoms with van der Waals surface area (Å²) < 4.78 is 68.4. The van der Waals surface area contributed by atoms with Gasteiger partial charge in [0.15, 0.2) is 12.2 Å². The molecule has 3 N–H and O–H groups in total. The summed E-state index contributed by atoms with van der Waals surface area (Å²) in [5, 5.41) is 10.6. The number of unbranched alkanes of at least 4 members (excludes halogenated alkanes) is 41. The summed E-state index contributed by atoms with van der Waals surface area (Å²) in [6.45, 7) is 9.54. The molecule has 6 atom stereocenters. The topological polar surface area (TPSA) is 237 Å². The molecule has 0 aromatic heterocycles. The number of carbonyl (C=O) groups excluding carboxylic acids is 4. The van der Waals surface area contributed by atoms with E-state index >= 15 is 0 Å². The fraction of sp³-hybridized carbons (Fsp3) is 0.945. The SMILES string of the molecule is CCCCCCCCCCCCCCCCCCC(=O)OC[C@H](COP(=O)(O)OC[C@@H](O)COP(=O)(O)OC[C@@H](COC(=O)CCCCCCCCCCCC)OC(=O)CCCCCCCCC(C)CC)OC(=O)CCCCCCCCCCCCCCCC(C)C. The Balaban J connectivity index is 5.23. The van der Waals surface area contributed by atoms with Gasteiger partial charge in [0.1, 0.15) is 19.3 Å². The number of phosphoric acid groups is 2. The van der Waals surface area contributed by atoms with Gasteiger partial charge in [-0.2, -0.15) is 0 Å². The highest BCUT2D eigenvalue weighted by Crippen LogP contribution is 2.45. The summed E-state index contributed by atoms with van der Waals surface area (Å²) in [7, 11) is -9.90. The highest BCUT2D eigenvalue weighted by molar-refractivity contribution is 7.47. The van der Waals surface area contributed by atoms with E-state index < -0.39 is 97.5 Å². The van der Waals surface area contributed by atoms with E-state index in [1.54, 1.807) is 0 Å². The van der Waals surface area contributed by atoms with Crippen molar-refractivity contribution in [2.45, 2.75) is 394 Å². The van der Waals surface area contributed by atoms with Gasteiger partial charge < -0.3 is 33.8 Å². The van der Waals surface area contributed by atoms with Crippen molar-refractivity contribution in [2.75, 3.05) is 39.6 Å². The molecule has 0 aliphatic carbocycles. The van der Waals surface area contributed by atoms with Gasteiger partial charge in [-0.3, -0.25) is 37.3 Å². The number of phosphoric ester groups is 2. The number of rotatable bonds is 72. The largest absolute Gasteiger partial charge is 0.472 e. The minimum absolute atomic E-state index is 0.103. The third-order valence-electron chi connectivity index (χ3n) is 17.3. The fourth-order valence-corrected chi connectivity index (χ4v) is 12.7. The van der Waals surface area contributed by atoms with E-state index in [2.05, 4.69) is 41.5 Å². The molecule has 0 aliphatic rings. The van der Waals surface area contributed by atoms with Gasteiger partial charge in [-0.25, -0.2) is 9.13 Å². The lowest BCUT2D eigenvalue weighted by molar-refractivity contribution is -0.161. The van der Waals surface area contributed by atoms with Crippen LogP contribution >= 0.6 is 15.6 Å². The second-order valence-corrected chi connectivity index (χ2v) is 30.0. The Hall–Kier alpha value is -1.94. The molecule has 0 saturated heterocycles. The molecule has 546 valence electrons. The lowest BCUT2D eigenvalue weighted by atomic mass is 10.00. The minimum atomic E-state index is -4.95. The quantitative estimate of drug-likeness (QED) is 0.0222. The monoisotopic (exact) mass is 1350 g/mol. The molecule has 19 heteroatoms. The maximum Gasteiger partial charge on any atom is 0.472 e. The first-order valence-electron chi connectivity index (χ1n) is 38.0. The molecule has 0 spiro atoms. The molecule has 0 rings (SSSR count). The van der Waals surface area contributed by atoms with Crippen molar-refractivity contribution in [3.63, 3.8) is 0 Å². The Bertz CT molecular complexity index is 1790. The fourth-order valence-electron chi connectivity index (χ4n) is 11.1. The number of hydrogen-bond donors (Lipinski definition) is 3. The molecule has 92 heavy (non-hydrogen) atoms. The molecule has 0 aromatic carbocycles. The molecular weight excluding hydrogens is 1210 g/mol. The van der Waals surface area contributed by atoms with Gasteiger partial charge in [0, 0.05) is 25.7 Å². The number of aliphatic hydroxyl groups excluding tert-OH is 1. The van der Waals surface area contributed by atoms with Crippen LogP contribution in [0.15, 0.2) is 0 Å². The summed E-state index contributed by atoms with van der Waals surface area (Å²) in [5.41, 5.74) is 0. The third-order valence-corrected chi connectivity index (χ3v) is 19.2. The Morgan fingerprint density at radius 2 is 0.554 bits per heavy atom. The summed E-state index contributed by atoms with van der Waals surface area (Å²) >= 11 is 0. The van der Waals surface area contributed by atoms with Gasteiger partial charge >= 0.3 is 39.5 Å². The summed E-state index contributed by atoms with van der Waals surface area (Å²) in [5.74, 6) is -0.615. The molecule has 17 nitrogen and oxygen atoms in total. The van der Waals surface area contributed by atoms with Crippen LogP contribution in [0.25, 0.3) is 0 Å². The Kier molecular flexibility index (Phi) is 63.7. The molecule has 0 heterocycles. The number of aliphatic hydroxyl groups is 1. The first kappa shape index (κ1) is 90.1. The van der Waals surface area contributed by atoms with E-state index in [1.165, 1.54) is 193 Å². The van der Waals surface area contributed by atoms with Crippen molar-refractivity contribution in [3.05, 3.63) is 0 Å². The first-order chi connectivity index (χ1) is 44.4. The molecule has 0 aromatic rings. The molecule has 0 fully saturated rings. The standard InChI is InChI=1S/C73H142O17P2/c1-7-10-12-14-16-18-20-21-22-23-26-29-33-37-44-50-56-71(76)83-61-68(89-72(77)57-51-45-38-34-30-27-24-25-28-31-35-41-47-53-65(4)5)63-87-91(79,80)85-59-67(74)60-86-92(81,82)88-64-69(90-73(78)58-52-46-40-39-42-48-54-66(6)9-3)62-84-70(75)55-49-43-36-32-19-17-15-13-11-8-2/h65-69,74H,7-64H2,1-6H3,(H,79,80)(H,81,82)/t66?,67-,68-,69-/m1/s1. The average molecular weight is 1350 g/mol. The smallest absolute Gasteiger partial charge is 0.462 e. The second kappa shape index (κ2) is 65.0. The van der Waals surface area contributed by atoms with Crippen molar-refractivity contribution in [1.29, 1.82) is 0 Å². The van der Waals surface area contributed by atoms with Crippen molar-refractivity contribution < 1.29 is 80.2 Å². The van der Waals surface area contributed by atoms with E-state index in [4.69, 9.17) is 37.0 Å². The lowest BCUT2D eigenvalue weighted by Crippen LogP contribution is -2.30. The van der Waals surface area contributed by atoms with Gasteiger partial charge in [-0.05, 0) is 37.5 Å². The summed E-state index contributed by atoms with van der Waals surface area (Å²) in [6, 6.07) is 0. The van der Waals surface area contributed by atoms with E-state index in [1.807, 2.05) is 0 Å². The van der Waals surface area contributed by atoms with Crippen LogP contribution in [0.5, 0.6) is 0 Å². The van der Waals surface area contributed by atoms with E-state index in [0.717, 1.165) is 102 Å². The van der Waals surface area contributed by atoms with Crippen LogP contribution < -0.4 is 0 Å². The van der Waals surface area contributed by atoms with Crippen LogP contribution in [0.1, 0.15) is 375 Å². The number of esters is 4. The van der Waals surface area contributed by atoms with Crippen LogP contribution in [0, 0.1) is 11.8 Å². The third kappa shape index (κ3) is 65.4. The van der Waals surface area contributed by atoms with E-state index in [0.29, 0.717) is 25.7 Å². The molecule has 0 radical (unpaired) electrons. The van der Waals surface area contributed by atoms with Crippen molar-refractivity contribution in [3.8, 4) is 0 Å². The zero-order valence-electron chi connectivity index (χ0n) is 59.9. The van der Waals surface area contributed by atoms with Gasteiger partial charge in [-0.15, -0.1) is 0 Å². The van der Waals surface area contributed by atoms with Crippen molar-refractivity contribution in [2.24, 2.45) is 11.8 Å². The summed E-state index contributed by atoms with van der Waals surface area (Å²) in [6.07, 6.45) is 51.3. The van der Waals surface area contributed by atoms with E-state index in [-0.39, 0.29) is 25.7 Å². The number of hydrogen-bond acceptors (Lipinski definition) is 15. The molecule has 0 aliphatic heterocycles. The second-order valence-electron chi connectivity index (χ2n) is 27.1. The molecule has 0 amide bonds. The Morgan fingerprint density at radius 1 is 0.315 bits per heavy atom. The minimum Gasteiger partial charge on any atom is -0.462 e. The maximum atomic E-state index is 13.1. The highest BCUT2D eigenvalue weighted by atomic mass is 31.2. The Labute approximate surface area is 562 Å². The summed E-state index contributed by atoms with van der Waals surface area (Å²) in [4.78, 5) is 72.6. The predicted octanol–water partition coefficient (Wildman–Crippen LogP) is 21.2. The lowest BCUT2D eigenvalue weighted by Gasteiger charge is -2.21. The van der Waals surface area contributed by atoms with Crippen LogP contribution in [0.3, 0.4) is 0 Å². The van der Waals surface area contributed by atoms with Gasteiger partial charge in [0.2, 0.25) is 0 Å². The van der Waals surface area contributed by atoms with Crippen LogP contribution in [0.4, 0.5) is 0 Å². The number of ether oxygens (including phenoxy) is 4. The molecule has 0 bridgehead atoms. The van der Waals surface area contributed by atoms with Crippen molar-refractivity contribution in [1.82, 2.24) is 0 Å². The first-order valence-corrected chi connectivity index (χ1v) is 41.0. The predicted molar refractivity (Wildman–Crippen MR) is 372 cm³/mol. The highest BCUT2D eigenvalue weighted by Gasteiger charge is 2.30. The zero-order chi connectivity index (χ0) is 67.9. The maximum absolute atomic E-state index is 13.1. The average Bonchev–Trinajstić information content (AvgIpc) is 2.78. The molecule has 3 unspecified atom stereocenters. The Morgan fingerprint density at radius 3 is 0.826 bits per heavy atom. The van der Waals surface area contributed by atoms with Crippen LogP contribution in [0.2, 0.25) is 0 Å². The van der Waals surface area contributed by atoms with Gasteiger partial charge in [0.25, 0.3) is 0 Å². The number of carbonyl (C=O) groups is 4. The van der Waals surface area contributed by atoms with E-state index in [9.17, 15) is 43.2 Å². The van der Waals surface area contributed by atoms with Crippen LogP contribution in [-0.2, 0) is 65.4 Å². The zero-order valence-corrected chi connectivity index (χ0v) is 61.6. The van der Waals surface area contributed by atoms with Crippen molar-refractivity contribution >= 4 is 39.5 Å². The molecule has 0 saturated carbocycles. The molecular formula is C73H142O17P2.